The van der Waals surface area contributed by atoms with Crippen LogP contribution in [0.15, 0.2) is 29.2 Å². The van der Waals surface area contributed by atoms with Crippen LogP contribution >= 0.6 is 0 Å². The van der Waals surface area contributed by atoms with Crippen LogP contribution in [0.4, 0.5) is 5.69 Å². The van der Waals surface area contributed by atoms with Crippen molar-refractivity contribution in [2.45, 2.75) is 4.90 Å². The van der Waals surface area contributed by atoms with Gasteiger partial charge in [-0.2, -0.15) is 0 Å². The van der Waals surface area contributed by atoms with Gasteiger partial charge in [0.15, 0.2) is 0 Å². The lowest BCUT2D eigenvalue weighted by atomic mass is 10.3. The van der Waals surface area contributed by atoms with Gasteiger partial charge in [-0.3, -0.25) is 0 Å². The van der Waals surface area contributed by atoms with Crippen LogP contribution in [0, 0.1) is 4.78 Å². The molecule has 0 amide bonds. The summed E-state index contributed by atoms with van der Waals surface area (Å²) >= 11 is 0. The quantitative estimate of drug-likeness (QED) is 0.624. The van der Waals surface area contributed by atoms with E-state index in [-0.39, 0.29) is 0 Å². The number of nitrogen functional groups attached to an aromatic ring is 1. The molecule has 0 aliphatic rings. The van der Waals surface area contributed by atoms with Crippen molar-refractivity contribution in [3.05, 3.63) is 24.3 Å². The number of nitrogens with two attached hydrogens (primary N) is 1. The van der Waals surface area contributed by atoms with E-state index in [0.29, 0.717) is 10.6 Å². The molecular weight excluding hydrogens is 160 g/mol. The highest BCUT2D eigenvalue weighted by Crippen LogP contribution is 2.11. The third kappa shape index (κ3) is 1.94. The Kier molecular flexibility index (Phi) is 1.87. The molecule has 0 unspecified atom stereocenters. The molecule has 1 rings (SSSR count). The molecule has 11 heavy (non-hydrogen) atoms. The molecule has 1 aromatic carbocycles. The summed E-state index contributed by atoms with van der Waals surface area (Å²) in [5.41, 5.74) is 6.04. The first-order valence-corrected chi connectivity index (χ1v) is 5.06. The molecule has 3 N–H and O–H groups in total. The Bertz CT molecular complexity index is 339. The summed E-state index contributed by atoms with van der Waals surface area (Å²) in [6, 6.07) is 6.52. The van der Waals surface area contributed by atoms with Crippen molar-refractivity contribution >= 4 is 15.4 Å². The van der Waals surface area contributed by atoms with Crippen LogP contribution in [-0.4, -0.2) is 10.5 Å². The van der Waals surface area contributed by atoms with Gasteiger partial charge in [0, 0.05) is 16.8 Å². The molecule has 60 valence electrons. The smallest absolute Gasteiger partial charge is 0.0696 e. The number of nitrogens with one attached hydrogen (secondary N) is 1. The van der Waals surface area contributed by atoms with Crippen LogP contribution in [0.1, 0.15) is 0 Å². The van der Waals surface area contributed by atoms with E-state index >= 15 is 0 Å². The second-order valence-corrected chi connectivity index (χ2v) is 4.57. The van der Waals surface area contributed by atoms with Gasteiger partial charge in [0.2, 0.25) is 0 Å². The molecule has 0 aliphatic carbocycles. The molecule has 0 aromatic heterocycles. The minimum absolute atomic E-state index is 0.520. The number of hydrogen-bond acceptors (Lipinski definition) is 3. The van der Waals surface area contributed by atoms with Gasteiger partial charge in [-0.15, -0.1) is 0 Å². The van der Waals surface area contributed by atoms with Crippen LogP contribution in [0.2, 0.25) is 0 Å². The molecular formula is C7H10N2OS. The Morgan fingerprint density at radius 3 is 2.18 bits per heavy atom. The van der Waals surface area contributed by atoms with Crippen LogP contribution in [0.5, 0.6) is 0 Å². The SMILES string of the molecule is C[S@@](=N)(=O)c1ccc(N)cc1. The summed E-state index contributed by atoms with van der Waals surface area (Å²) in [5, 5.41) is 0. The Labute approximate surface area is 66.2 Å². The average molecular weight is 170 g/mol. The minimum Gasteiger partial charge on any atom is -0.399 e. The summed E-state index contributed by atoms with van der Waals surface area (Å²) in [6.07, 6.45) is 1.39. The van der Waals surface area contributed by atoms with Crippen molar-refractivity contribution < 1.29 is 4.21 Å². The van der Waals surface area contributed by atoms with Gasteiger partial charge >= 0.3 is 0 Å². The topological polar surface area (TPSA) is 66.9 Å². The van der Waals surface area contributed by atoms with E-state index in [1.54, 1.807) is 24.3 Å². The molecule has 0 aliphatic heterocycles. The summed E-state index contributed by atoms with van der Waals surface area (Å²) in [4.78, 5) is 0.520. The van der Waals surface area contributed by atoms with E-state index in [2.05, 4.69) is 0 Å². The van der Waals surface area contributed by atoms with E-state index in [1.165, 1.54) is 6.26 Å². The zero-order chi connectivity index (χ0) is 8.48. The number of benzene rings is 1. The van der Waals surface area contributed by atoms with Crippen LogP contribution in [-0.2, 0) is 9.73 Å². The molecule has 0 saturated carbocycles. The van der Waals surface area contributed by atoms with Crippen LogP contribution < -0.4 is 5.73 Å². The highest BCUT2D eigenvalue weighted by molar-refractivity contribution is 7.91. The molecule has 1 atom stereocenters. The van der Waals surface area contributed by atoms with Crippen LogP contribution in [0.25, 0.3) is 0 Å². The molecule has 1 aromatic rings. The van der Waals surface area contributed by atoms with Gasteiger partial charge in [0.1, 0.15) is 0 Å². The zero-order valence-corrected chi connectivity index (χ0v) is 7.02. The highest BCUT2D eigenvalue weighted by atomic mass is 32.2. The number of anilines is 1. The molecule has 0 fully saturated rings. The van der Waals surface area contributed by atoms with E-state index in [0.717, 1.165) is 0 Å². The Morgan fingerprint density at radius 2 is 1.82 bits per heavy atom. The van der Waals surface area contributed by atoms with Crippen molar-refractivity contribution in [2.75, 3.05) is 12.0 Å². The highest BCUT2D eigenvalue weighted by Gasteiger charge is 2.00. The summed E-state index contributed by atoms with van der Waals surface area (Å²) < 4.78 is 18.4. The third-order valence-corrected chi connectivity index (χ3v) is 2.50. The van der Waals surface area contributed by atoms with E-state index in [9.17, 15) is 4.21 Å². The van der Waals surface area contributed by atoms with Gasteiger partial charge in [-0.25, -0.2) is 8.99 Å². The molecule has 0 radical (unpaired) electrons. The van der Waals surface area contributed by atoms with Crippen molar-refractivity contribution in [1.82, 2.24) is 0 Å². The maximum absolute atomic E-state index is 11.1. The Balaban J connectivity index is 3.20. The lowest BCUT2D eigenvalue weighted by Crippen LogP contribution is -1.94. The molecule has 3 nitrogen and oxygen atoms in total. The lowest BCUT2D eigenvalue weighted by molar-refractivity contribution is 0.679. The van der Waals surface area contributed by atoms with Crippen molar-refractivity contribution in [3.63, 3.8) is 0 Å². The van der Waals surface area contributed by atoms with Gasteiger partial charge in [-0.1, -0.05) is 0 Å². The van der Waals surface area contributed by atoms with E-state index < -0.39 is 9.73 Å². The Morgan fingerprint density at radius 1 is 1.36 bits per heavy atom. The van der Waals surface area contributed by atoms with Crippen molar-refractivity contribution in [3.8, 4) is 0 Å². The minimum atomic E-state index is -2.58. The molecule has 4 heteroatoms. The molecule has 0 heterocycles. The van der Waals surface area contributed by atoms with Crippen molar-refractivity contribution in [2.24, 2.45) is 0 Å². The van der Waals surface area contributed by atoms with Gasteiger partial charge in [0.25, 0.3) is 0 Å². The maximum Gasteiger partial charge on any atom is 0.0696 e. The Hall–Kier alpha value is -1.03. The van der Waals surface area contributed by atoms with E-state index in [1.807, 2.05) is 0 Å². The lowest BCUT2D eigenvalue weighted by Gasteiger charge is -1.99. The molecule has 0 bridgehead atoms. The number of hydrogen-bond donors (Lipinski definition) is 2. The van der Waals surface area contributed by atoms with E-state index in [4.69, 9.17) is 10.5 Å². The predicted molar refractivity (Wildman–Crippen MR) is 45.9 cm³/mol. The standard InChI is InChI=1S/C7H10N2OS/c1-11(9,10)7-4-2-6(8)3-5-7/h2-5,9H,8H2,1H3/t11-/m1/s1. The first-order chi connectivity index (χ1) is 5.00. The second-order valence-electron chi connectivity index (χ2n) is 2.41. The average Bonchev–Trinajstić information content (AvgIpc) is 1.86. The second kappa shape index (κ2) is 2.54. The monoisotopic (exact) mass is 170 g/mol. The first-order valence-electron chi connectivity index (χ1n) is 3.09. The predicted octanol–water partition coefficient (Wildman–Crippen LogP) is 1.30. The molecule has 0 saturated heterocycles. The van der Waals surface area contributed by atoms with Crippen LogP contribution in [0.3, 0.4) is 0 Å². The van der Waals surface area contributed by atoms with Gasteiger partial charge in [-0.05, 0) is 24.3 Å². The fraction of sp³-hybridized carbons (Fsp3) is 0.143. The first kappa shape index (κ1) is 8.07. The summed E-state index contributed by atoms with van der Waals surface area (Å²) in [7, 11) is -2.58. The van der Waals surface area contributed by atoms with Gasteiger partial charge in [0.05, 0.1) is 9.73 Å². The van der Waals surface area contributed by atoms with Crippen molar-refractivity contribution in [1.29, 1.82) is 4.78 Å². The number of rotatable bonds is 1. The molecule has 0 spiro atoms. The van der Waals surface area contributed by atoms with Gasteiger partial charge < -0.3 is 5.73 Å². The fourth-order valence-corrected chi connectivity index (χ4v) is 1.38. The maximum atomic E-state index is 11.1. The summed E-state index contributed by atoms with van der Waals surface area (Å²) in [6.45, 7) is 0. The fourth-order valence-electron chi connectivity index (χ4n) is 0.728. The summed E-state index contributed by atoms with van der Waals surface area (Å²) in [5.74, 6) is 0. The zero-order valence-electron chi connectivity index (χ0n) is 6.20. The largest absolute Gasteiger partial charge is 0.399 e. The third-order valence-electron chi connectivity index (χ3n) is 1.33. The normalized spacial score (nSPS) is 15.7.